The molecule has 1 aromatic carbocycles. The Morgan fingerprint density at radius 3 is 2.75 bits per heavy atom. The maximum atomic E-state index is 13.1. The summed E-state index contributed by atoms with van der Waals surface area (Å²) in [7, 11) is 0. The van der Waals surface area contributed by atoms with Gasteiger partial charge in [0.2, 0.25) is 0 Å². The van der Waals surface area contributed by atoms with Crippen LogP contribution in [0.4, 0.5) is 4.39 Å². The van der Waals surface area contributed by atoms with E-state index in [1.807, 2.05) is 23.7 Å². The average molecular weight is 287 g/mol. The predicted octanol–water partition coefficient (Wildman–Crippen LogP) is 2.62. The number of nitrogens with zero attached hydrogens (tertiary/aromatic N) is 2. The van der Waals surface area contributed by atoms with Crippen LogP contribution in [0.2, 0.25) is 0 Å². The van der Waals surface area contributed by atoms with Gasteiger partial charge in [0.25, 0.3) is 0 Å². The van der Waals surface area contributed by atoms with E-state index in [1.54, 1.807) is 23.5 Å². The SMILES string of the molecule is Fc1ccc(C2(Cc3cn4ccsc4n3)CNC2)cc1. The van der Waals surface area contributed by atoms with Gasteiger partial charge in [-0.15, -0.1) is 11.3 Å². The van der Waals surface area contributed by atoms with E-state index in [1.165, 1.54) is 5.56 Å². The number of imidazole rings is 1. The van der Waals surface area contributed by atoms with Crippen LogP contribution in [-0.2, 0) is 11.8 Å². The molecule has 1 fully saturated rings. The van der Waals surface area contributed by atoms with Crippen molar-refractivity contribution in [2.45, 2.75) is 11.8 Å². The Bertz CT molecular complexity index is 711. The van der Waals surface area contributed by atoms with Crippen LogP contribution >= 0.6 is 11.3 Å². The quantitative estimate of drug-likeness (QED) is 0.802. The van der Waals surface area contributed by atoms with Gasteiger partial charge in [0, 0.05) is 42.7 Å². The molecule has 2 aromatic heterocycles. The molecule has 0 atom stereocenters. The van der Waals surface area contributed by atoms with Crippen LogP contribution < -0.4 is 5.32 Å². The lowest BCUT2D eigenvalue weighted by molar-refractivity contribution is 0.272. The summed E-state index contributed by atoms with van der Waals surface area (Å²) in [6, 6.07) is 6.88. The first kappa shape index (κ1) is 12.1. The van der Waals surface area contributed by atoms with Gasteiger partial charge in [-0.3, -0.25) is 4.40 Å². The first-order valence-electron chi connectivity index (χ1n) is 6.63. The molecule has 0 bridgehead atoms. The molecule has 3 nitrogen and oxygen atoms in total. The molecule has 0 radical (unpaired) electrons. The second kappa shape index (κ2) is 4.40. The van der Waals surface area contributed by atoms with Gasteiger partial charge in [-0.25, -0.2) is 9.37 Å². The summed E-state index contributed by atoms with van der Waals surface area (Å²) in [5, 5.41) is 5.37. The predicted molar refractivity (Wildman–Crippen MR) is 77.7 cm³/mol. The molecule has 1 aliphatic rings. The highest BCUT2D eigenvalue weighted by atomic mass is 32.1. The van der Waals surface area contributed by atoms with Crippen molar-refractivity contribution in [3.63, 3.8) is 0 Å². The molecule has 1 N–H and O–H groups in total. The van der Waals surface area contributed by atoms with Gasteiger partial charge in [0.05, 0.1) is 5.69 Å². The molecule has 1 aliphatic heterocycles. The van der Waals surface area contributed by atoms with Crippen molar-refractivity contribution in [2.24, 2.45) is 0 Å². The largest absolute Gasteiger partial charge is 0.315 e. The highest BCUT2D eigenvalue weighted by molar-refractivity contribution is 7.15. The van der Waals surface area contributed by atoms with Crippen LogP contribution in [0.5, 0.6) is 0 Å². The Morgan fingerprint density at radius 2 is 2.10 bits per heavy atom. The number of nitrogens with one attached hydrogen (secondary N) is 1. The monoisotopic (exact) mass is 287 g/mol. The molecule has 4 rings (SSSR count). The molecule has 5 heteroatoms. The minimum absolute atomic E-state index is 0.0533. The Balaban J connectivity index is 1.67. The Morgan fingerprint density at radius 1 is 1.30 bits per heavy atom. The summed E-state index contributed by atoms with van der Waals surface area (Å²) in [5.41, 5.74) is 2.34. The van der Waals surface area contributed by atoms with Crippen LogP contribution in [0.15, 0.2) is 42.0 Å². The van der Waals surface area contributed by atoms with Gasteiger partial charge in [-0.1, -0.05) is 12.1 Å². The minimum atomic E-state index is -0.182. The summed E-state index contributed by atoms with van der Waals surface area (Å²) < 4.78 is 15.2. The number of halogens is 1. The zero-order valence-electron chi connectivity index (χ0n) is 10.8. The fraction of sp³-hybridized carbons (Fsp3) is 0.267. The van der Waals surface area contributed by atoms with Crippen molar-refractivity contribution in [3.8, 4) is 0 Å². The van der Waals surface area contributed by atoms with Gasteiger partial charge in [0.1, 0.15) is 5.82 Å². The van der Waals surface area contributed by atoms with Crippen molar-refractivity contribution >= 4 is 16.3 Å². The van der Waals surface area contributed by atoms with Crippen molar-refractivity contribution in [1.82, 2.24) is 14.7 Å². The maximum Gasteiger partial charge on any atom is 0.193 e. The Kier molecular flexibility index (Phi) is 2.65. The molecule has 1 saturated heterocycles. The van der Waals surface area contributed by atoms with Crippen LogP contribution in [0.3, 0.4) is 0 Å². The van der Waals surface area contributed by atoms with Crippen LogP contribution in [-0.4, -0.2) is 22.5 Å². The minimum Gasteiger partial charge on any atom is -0.315 e. The summed E-state index contributed by atoms with van der Waals surface area (Å²) in [4.78, 5) is 5.69. The third-order valence-corrected chi connectivity index (χ3v) is 4.82. The Labute approximate surface area is 120 Å². The summed E-state index contributed by atoms with van der Waals surface area (Å²) >= 11 is 1.64. The zero-order chi connectivity index (χ0) is 13.6. The van der Waals surface area contributed by atoms with Gasteiger partial charge < -0.3 is 5.32 Å². The second-order valence-corrected chi connectivity index (χ2v) is 6.27. The highest BCUT2D eigenvalue weighted by Crippen LogP contribution is 2.32. The van der Waals surface area contributed by atoms with E-state index in [9.17, 15) is 4.39 Å². The van der Waals surface area contributed by atoms with E-state index < -0.39 is 0 Å². The first-order valence-corrected chi connectivity index (χ1v) is 7.51. The van der Waals surface area contributed by atoms with E-state index in [2.05, 4.69) is 20.9 Å². The molecule has 0 unspecified atom stereocenters. The van der Waals surface area contributed by atoms with Gasteiger partial charge in [0.15, 0.2) is 4.96 Å². The number of hydrogen-bond acceptors (Lipinski definition) is 3. The average Bonchev–Trinajstić information content (AvgIpc) is 2.95. The molecule has 0 saturated carbocycles. The standard InChI is InChI=1S/C15H14FN3S/c16-12-3-1-11(2-4-12)15(9-17-10-15)7-13-8-19-5-6-20-14(19)18-13/h1-6,8,17H,7,9-10H2. The third-order valence-electron chi connectivity index (χ3n) is 4.05. The number of rotatable bonds is 3. The van der Waals surface area contributed by atoms with E-state index >= 15 is 0 Å². The normalized spacial score (nSPS) is 17.2. The van der Waals surface area contributed by atoms with E-state index in [-0.39, 0.29) is 11.2 Å². The number of thiazole rings is 1. The third kappa shape index (κ3) is 1.85. The van der Waals surface area contributed by atoms with E-state index in [0.717, 1.165) is 30.2 Å². The van der Waals surface area contributed by atoms with Gasteiger partial charge in [-0.2, -0.15) is 0 Å². The van der Waals surface area contributed by atoms with Crippen LogP contribution in [0.25, 0.3) is 4.96 Å². The smallest absolute Gasteiger partial charge is 0.193 e. The summed E-state index contributed by atoms with van der Waals surface area (Å²) in [5.74, 6) is -0.182. The molecule has 3 aromatic rings. The van der Waals surface area contributed by atoms with Crippen molar-refractivity contribution in [3.05, 3.63) is 59.1 Å². The second-order valence-electron chi connectivity index (χ2n) is 5.39. The number of benzene rings is 1. The highest BCUT2D eigenvalue weighted by Gasteiger charge is 2.39. The lowest BCUT2D eigenvalue weighted by Gasteiger charge is -2.43. The zero-order valence-corrected chi connectivity index (χ0v) is 11.7. The van der Waals surface area contributed by atoms with Gasteiger partial charge in [-0.05, 0) is 17.7 Å². The maximum absolute atomic E-state index is 13.1. The number of hydrogen-bond donors (Lipinski definition) is 1. The lowest BCUT2D eigenvalue weighted by atomic mass is 9.72. The van der Waals surface area contributed by atoms with Crippen LogP contribution in [0.1, 0.15) is 11.3 Å². The molecular formula is C15H14FN3S. The topological polar surface area (TPSA) is 29.3 Å². The van der Waals surface area contributed by atoms with Gasteiger partial charge >= 0.3 is 0 Å². The molecule has 0 spiro atoms. The van der Waals surface area contributed by atoms with Crippen molar-refractivity contribution in [2.75, 3.05) is 13.1 Å². The van der Waals surface area contributed by atoms with E-state index in [4.69, 9.17) is 0 Å². The fourth-order valence-electron chi connectivity index (χ4n) is 2.87. The summed E-state index contributed by atoms with van der Waals surface area (Å²) in [6.07, 6.45) is 5.01. The fourth-order valence-corrected chi connectivity index (χ4v) is 3.59. The Hall–Kier alpha value is -1.72. The molecule has 0 amide bonds. The van der Waals surface area contributed by atoms with Crippen LogP contribution in [0, 0.1) is 5.82 Å². The van der Waals surface area contributed by atoms with Crippen molar-refractivity contribution < 1.29 is 4.39 Å². The molecule has 102 valence electrons. The lowest BCUT2D eigenvalue weighted by Crippen LogP contribution is -2.58. The number of aromatic nitrogens is 2. The van der Waals surface area contributed by atoms with Crippen molar-refractivity contribution in [1.29, 1.82) is 0 Å². The number of fused-ring (bicyclic) bond motifs is 1. The first-order chi connectivity index (χ1) is 9.75. The molecular weight excluding hydrogens is 273 g/mol. The molecule has 20 heavy (non-hydrogen) atoms. The molecule has 0 aliphatic carbocycles. The summed E-state index contributed by atoms with van der Waals surface area (Å²) in [6.45, 7) is 1.84. The molecule has 3 heterocycles. The van der Waals surface area contributed by atoms with E-state index in [0.29, 0.717) is 0 Å².